The highest BCUT2D eigenvalue weighted by molar-refractivity contribution is 5.67. The Balaban J connectivity index is 2.41. The number of nitrogens with zero attached hydrogens (tertiary/aromatic N) is 2. The van der Waals surface area contributed by atoms with E-state index in [4.69, 9.17) is 19.9 Å². The van der Waals surface area contributed by atoms with Gasteiger partial charge in [0.1, 0.15) is 11.9 Å². The average molecular weight is 327 g/mol. The number of carbonyl (C=O) groups is 2. The van der Waals surface area contributed by atoms with Crippen molar-refractivity contribution in [1.82, 2.24) is 9.55 Å². The molecule has 10 heteroatoms. The number of anilines is 1. The molecule has 23 heavy (non-hydrogen) atoms. The number of hydrogen-bond donors (Lipinski definition) is 2. The van der Waals surface area contributed by atoms with Gasteiger partial charge in [-0.25, -0.2) is 4.79 Å². The minimum Gasteiger partial charge on any atom is -0.456 e. The van der Waals surface area contributed by atoms with Crippen molar-refractivity contribution in [3.05, 3.63) is 22.7 Å². The van der Waals surface area contributed by atoms with E-state index in [0.717, 1.165) is 11.5 Å². The second kappa shape index (κ2) is 6.75. The van der Waals surface area contributed by atoms with E-state index in [1.165, 1.54) is 19.2 Å². The molecule has 4 atom stereocenters. The fraction of sp³-hybridized carbons (Fsp3) is 0.538. The maximum atomic E-state index is 12.0. The molecule has 1 aliphatic rings. The molecule has 0 aromatic carbocycles. The van der Waals surface area contributed by atoms with E-state index in [1.807, 2.05) is 0 Å². The number of nitrogen functional groups attached to an aromatic ring is 1. The molecule has 0 unspecified atom stereocenters. The average Bonchev–Trinajstić information content (AvgIpc) is 2.76. The monoisotopic (exact) mass is 327 g/mol. The van der Waals surface area contributed by atoms with Crippen LogP contribution >= 0.6 is 0 Å². The molecule has 1 aliphatic heterocycles. The molecule has 0 aliphatic carbocycles. The van der Waals surface area contributed by atoms with Crippen LogP contribution in [-0.2, 0) is 23.8 Å². The Bertz CT molecular complexity index is 659. The molecule has 0 radical (unpaired) electrons. The minimum atomic E-state index is -1.11. The van der Waals surface area contributed by atoms with Crippen LogP contribution in [0, 0.1) is 0 Å². The lowest BCUT2D eigenvalue weighted by atomic mass is 10.1. The maximum absolute atomic E-state index is 12.0. The van der Waals surface area contributed by atoms with Gasteiger partial charge in [-0.3, -0.25) is 14.2 Å². The molecule has 0 amide bonds. The Morgan fingerprint density at radius 2 is 1.96 bits per heavy atom. The Labute approximate surface area is 130 Å². The number of esters is 2. The SMILES string of the molecule is CC(=O)O[C@@H]1[C@H](OC(C)=O)[C@@H](CO)O[C@H]1n1ccc(N)nc1=O. The van der Waals surface area contributed by atoms with Crippen LogP contribution in [-0.4, -0.2) is 51.5 Å². The second-order valence-electron chi connectivity index (χ2n) is 4.94. The van der Waals surface area contributed by atoms with Crippen LogP contribution < -0.4 is 11.4 Å². The smallest absolute Gasteiger partial charge is 0.351 e. The molecule has 0 bridgehead atoms. The third-order valence-corrected chi connectivity index (χ3v) is 3.20. The van der Waals surface area contributed by atoms with Crippen LogP contribution in [0.4, 0.5) is 5.82 Å². The maximum Gasteiger partial charge on any atom is 0.351 e. The highest BCUT2D eigenvalue weighted by Crippen LogP contribution is 2.33. The Kier molecular flexibility index (Phi) is 4.96. The molecular weight excluding hydrogens is 310 g/mol. The van der Waals surface area contributed by atoms with Crippen molar-refractivity contribution in [3.63, 3.8) is 0 Å². The largest absolute Gasteiger partial charge is 0.456 e. The standard InChI is InChI=1S/C13H17N3O7/c1-6(18)21-10-8(5-17)23-12(11(10)22-7(2)19)16-4-3-9(14)15-13(16)20/h3-4,8,10-12,17H,5H2,1-2H3,(H2,14,15,20)/t8-,10-,11-,12-/m1/s1. The first-order valence-corrected chi connectivity index (χ1v) is 6.79. The van der Waals surface area contributed by atoms with E-state index in [9.17, 15) is 19.5 Å². The van der Waals surface area contributed by atoms with E-state index in [-0.39, 0.29) is 5.82 Å². The second-order valence-corrected chi connectivity index (χ2v) is 4.94. The van der Waals surface area contributed by atoms with Crippen LogP contribution in [0.15, 0.2) is 17.1 Å². The van der Waals surface area contributed by atoms with Crippen molar-refractivity contribution in [2.75, 3.05) is 12.3 Å². The van der Waals surface area contributed by atoms with Crippen molar-refractivity contribution in [2.24, 2.45) is 0 Å². The molecule has 1 aromatic rings. The summed E-state index contributed by atoms with van der Waals surface area (Å²) < 4.78 is 16.8. The summed E-state index contributed by atoms with van der Waals surface area (Å²) in [7, 11) is 0. The van der Waals surface area contributed by atoms with E-state index in [2.05, 4.69) is 4.98 Å². The summed E-state index contributed by atoms with van der Waals surface area (Å²) in [5.41, 5.74) is 4.70. The van der Waals surface area contributed by atoms with Crippen LogP contribution in [0.3, 0.4) is 0 Å². The molecule has 2 rings (SSSR count). The lowest BCUT2D eigenvalue weighted by molar-refractivity contribution is -0.165. The number of aliphatic hydroxyl groups is 1. The van der Waals surface area contributed by atoms with Gasteiger partial charge in [0.15, 0.2) is 18.4 Å². The van der Waals surface area contributed by atoms with Gasteiger partial charge < -0.3 is 25.1 Å². The number of hydrogen-bond acceptors (Lipinski definition) is 9. The van der Waals surface area contributed by atoms with Crippen molar-refractivity contribution in [3.8, 4) is 0 Å². The Morgan fingerprint density at radius 1 is 1.35 bits per heavy atom. The van der Waals surface area contributed by atoms with E-state index in [0.29, 0.717) is 0 Å². The Morgan fingerprint density at radius 3 is 2.48 bits per heavy atom. The normalized spacial score (nSPS) is 26.7. The third-order valence-electron chi connectivity index (χ3n) is 3.20. The molecule has 2 heterocycles. The van der Waals surface area contributed by atoms with Crippen LogP contribution in [0.1, 0.15) is 20.1 Å². The number of rotatable bonds is 4. The van der Waals surface area contributed by atoms with Crippen molar-refractivity contribution in [2.45, 2.75) is 38.4 Å². The van der Waals surface area contributed by atoms with Gasteiger partial charge in [-0.05, 0) is 6.07 Å². The van der Waals surface area contributed by atoms with Crippen LogP contribution in [0.2, 0.25) is 0 Å². The first kappa shape index (κ1) is 16.9. The van der Waals surface area contributed by atoms with E-state index >= 15 is 0 Å². The summed E-state index contributed by atoms with van der Waals surface area (Å²) in [5, 5.41) is 9.40. The summed E-state index contributed by atoms with van der Waals surface area (Å²) in [6.45, 7) is 1.84. The fourth-order valence-corrected chi connectivity index (χ4v) is 2.35. The molecule has 1 aromatic heterocycles. The molecule has 1 saturated heterocycles. The zero-order valence-electron chi connectivity index (χ0n) is 12.5. The van der Waals surface area contributed by atoms with Gasteiger partial charge in [-0.15, -0.1) is 0 Å². The van der Waals surface area contributed by atoms with Crippen molar-refractivity contribution in [1.29, 1.82) is 0 Å². The van der Waals surface area contributed by atoms with Crippen LogP contribution in [0.25, 0.3) is 0 Å². The lowest BCUT2D eigenvalue weighted by Gasteiger charge is -2.23. The zero-order valence-corrected chi connectivity index (χ0v) is 12.5. The number of nitrogens with two attached hydrogens (primary N) is 1. The van der Waals surface area contributed by atoms with Crippen LogP contribution in [0.5, 0.6) is 0 Å². The van der Waals surface area contributed by atoms with Gasteiger partial charge in [-0.2, -0.15) is 4.98 Å². The highest BCUT2D eigenvalue weighted by Gasteiger charge is 2.50. The topological polar surface area (TPSA) is 143 Å². The predicted molar refractivity (Wildman–Crippen MR) is 75.0 cm³/mol. The molecule has 10 nitrogen and oxygen atoms in total. The van der Waals surface area contributed by atoms with Crippen molar-refractivity contribution < 1.29 is 28.9 Å². The first-order chi connectivity index (χ1) is 10.8. The number of aromatic nitrogens is 2. The molecule has 0 saturated carbocycles. The fourth-order valence-electron chi connectivity index (χ4n) is 2.35. The summed E-state index contributed by atoms with van der Waals surface area (Å²) in [6.07, 6.45) is -2.93. The number of ether oxygens (including phenoxy) is 3. The lowest BCUT2D eigenvalue weighted by Crippen LogP contribution is -2.41. The summed E-state index contributed by atoms with van der Waals surface area (Å²) in [5.74, 6) is -1.28. The number of aliphatic hydroxyl groups excluding tert-OH is 1. The first-order valence-electron chi connectivity index (χ1n) is 6.79. The van der Waals surface area contributed by atoms with Gasteiger partial charge >= 0.3 is 17.6 Å². The predicted octanol–water partition coefficient (Wildman–Crippen LogP) is -1.42. The number of carbonyl (C=O) groups excluding carboxylic acids is 2. The van der Waals surface area contributed by atoms with Gasteiger partial charge in [-0.1, -0.05) is 0 Å². The molecule has 126 valence electrons. The zero-order chi connectivity index (χ0) is 17.1. The molecule has 0 spiro atoms. The van der Waals surface area contributed by atoms with E-state index < -0.39 is 48.8 Å². The molecule has 1 fully saturated rings. The Hall–Kier alpha value is -2.46. The van der Waals surface area contributed by atoms with Gasteiger partial charge in [0, 0.05) is 20.0 Å². The van der Waals surface area contributed by atoms with Crippen molar-refractivity contribution >= 4 is 17.8 Å². The van der Waals surface area contributed by atoms with Gasteiger partial charge in [0.25, 0.3) is 0 Å². The summed E-state index contributed by atoms with van der Waals surface area (Å²) in [4.78, 5) is 38.1. The van der Waals surface area contributed by atoms with Gasteiger partial charge in [0.2, 0.25) is 0 Å². The minimum absolute atomic E-state index is 0.0172. The summed E-state index contributed by atoms with van der Waals surface area (Å²) >= 11 is 0. The van der Waals surface area contributed by atoms with E-state index in [1.54, 1.807) is 0 Å². The molecular formula is C13H17N3O7. The quantitative estimate of drug-likeness (QED) is 0.637. The highest BCUT2D eigenvalue weighted by atomic mass is 16.6. The molecule has 3 N–H and O–H groups in total. The summed E-state index contributed by atoms with van der Waals surface area (Å²) in [6, 6.07) is 1.36. The van der Waals surface area contributed by atoms with Gasteiger partial charge in [0.05, 0.1) is 6.61 Å². The third kappa shape index (κ3) is 3.66.